The highest BCUT2D eigenvalue weighted by atomic mass is 16.5. The van der Waals surface area contributed by atoms with E-state index in [4.69, 9.17) is 9.47 Å². The molecular formula is C9H19NO4. The Labute approximate surface area is 84.7 Å². The molecule has 0 aromatic carbocycles. The third-order valence-electron chi connectivity index (χ3n) is 1.55. The van der Waals surface area contributed by atoms with Crippen molar-refractivity contribution < 1.29 is 19.0 Å². The number of ether oxygens (including phenoxy) is 3. The number of esters is 1. The van der Waals surface area contributed by atoms with Gasteiger partial charge in [-0.05, 0) is 7.05 Å². The second-order valence-electron chi connectivity index (χ2n) is 2.65. The van der Waals surface area contributed by atoms with Gasteiger partial charge in [0.15, 0.2) is 0 Å². The van der Waals surface area contributed by atoms with E-state index in [0.29, 0.717) is 32.8 Å². The molecular weight excluding hydrogens is 186 g/mol. The standard InChI is InChI=1S/C9H19NO4/c1-10-4-6-14-8-7-13-5-3-9(11)12-2/h10H,3-8H2,1-2H3. The van der Waals surface area contributed by atoms with Gasteiger partial charge in [-0.25, -0.2) is 0 Å². The lowest BCUT2D eigenvalue weighted by Crippen LogP contribution is -2.16. The van der Waals surface area contributed by atoms with Gasteiger partial charge in [-0.15, -0.1) is 0 Å². The van der Waals surface area contributed by atoms with Crippen LogP contribution in [0.5, 0.6) is 0 Å². The van der Waals surface area contributed by atoms with Crippen molar-refractivity contribution in [3.05, 3.63) is 0 Å². The fraction of sp³-hybridized carbons (Fsp3) is 0.889. The maximum absolute atomic E-state index is 10.6. The normalized spacial score (nSPS) is 10.1. The van der Waals surface area contributed by atoms with Gasteiger partial charge in [-0.1, -0.05) is 0 Å². The Morgan fingerprint density at radius 3 is 2.36 bits per heavy atom. The van der Waals surface area contributed by atoms with Crippen molar-refractivity contribution in [1.29, 1.82) is 0 Å². The average Bonchev–Trinajstić information content (AvgIpc) is 2.21. The second kappa shape index (κ2) is 10.4. The molecule has 0 saturated carbocycles. The van der Waals surface area contributed by atoms with Gasteiger partial charge in [-0.3, -0.25) is 4.79 Å². The molecule has 0 atom stereocenters. The summed E-state index contributed by atoms with van der Waals surface area (Å²) in [7, 11) is 3.24. The molecule has 0 amide bonds. The molecule has 0 bridgehead atoms. The molecule has 0 aliphatic heterocycles. The van der Waals surface area contributed by atoms with Crippen LogP contribution in [0.25, 0.3) is 0 Å². The Bertz CT molecular complexity index is 141. The van der Waals surface area contributed by atoms with Crippen molar-refractivity contribution in [2.24, 2.45) is 0 Å². The van der Waals surface area contributed by atoms with Crippen LogP contribution in [-0.4, -0.2) is 53.1 Å². The topological polar surface area (TPSA) is 56.8 Å². The molecule has 0 aliphatic rings. The van der Waals surface area contributed by atoms with Crippen LogP contribution in [0.2, 0.25) is 0 Å². The van der Waals surface area contributed by atoms with Crippen molar-refractivity contribution in [3.8, 4) is 0 Å². The molecule has 0 fully saturated rings. The van der Waals surface area contributed by atoms with E-state index in [1.54, 1.807) is 0 Å². The molecule has 5 heteroatoms. The van der Waals surface area contributed by atoms with Gasteiger partial charge in [0.25, 0.3) is 0 Å². The molecule has 0 heterocycles. The van der Waals surface area contributed by atoms with E-state index in [1.807, 2.05) is 7.05 Å². The minimum Gasteiger partial charge on any atom is -0.469 e. The molecule has 0 radical (unpaired) electrons. The average molecular weight is 205 g/mol. The molecule has 0 saturated heterocycles. The predicted molar refractivity (Wildman–Crippen MR) is 52.2 cm³/mol. The minimum atomic E-state index is -0.249. The highest BCUT2D eigenvalue weighted by molar-refractivity contribution is 5.69. The first-order valence-corrected chi connectivity index (χ1v) is 4.68. The molecule has 0 aromatic rings. The Kier molecular flexibility index (Phi) is 9.95. The van der Waals surface area contributed by atoms with Crippen LogP contribution >= 0.6 is 0 Å². The summed E-state index contributed by atoms with van der Waals surface area (Å²) in [6, 6.07) is 0. The van der Waals surface area contributed by atoms with Crippen molar-refractivity contribution in [3.63, 3.8) is 0 Å². The maximum Gasteiger partial charge on any atom is 0.307 e. The van der Waals surface area contributed by atoms with E-state index < -0.39 is 0 Å². The van der Waals surface area contributed by atoms with E-state index in [-0.39, 0.29) is 5.97 Å². The summed E-state index contributed by atoms with van der Waals surface area (Å²) in [6.45, 7) is 2.98. The summed E-state index contributed by atoms with van der Waals surface area (Å²) in [6.07, 6.45) is 0.299. The van der Waals surface area contributed by atoms with Crippen molar-refractivity contribution >= 4 is 5.97 Å². The third kappa shape index (κ3) is 9.44. The molecule has 0 aliphatic carbocycles. The summed E-state index contributed by atoms with van der Waals surface area (Å²) >= 11 is 0. The van der Waals surface area contributed by atoms with Crippen LogP contribution in [0.1, 0.15) is 6.42 Å². The number of nitrogens with one attached hydrogen (secondary N) is 1. The van der Waals surface area contributed by atoms with Gasteiger partial charge in [0.1, 0.15) is 0 Å². The Morgan fingerprint density at radius 1 is 1.14 bits per heavy atom. The first-order chi connectivity index (χ1) is 6.81. The van der Waals surface area contributed by atoms with Gasteiger partial charge in [0, 0.05) is 6.54 Å². The summed E-state index contributed by atoms with van der Waals surface area (Å²) in [5.41, 5.74) is 0. The lowest BCUT2D eigenvalue weighted by molar-refractivity contribution is -0.141. The number of carbonyl (C=O) groups is 1. The van der Waals surface area contributed by atoms with Crippen LogP contribution in [0, 0.1) is 0 Å². The SMILES string of the molecule is CNCCOCCOCCC(=O)OC. The number of hydrogen-bond acceptors (Lipinski definition) is 5. The summed E-state index contributed by atoms with van der Waals surface area (Å²) in [5, 5.41) is 2.97. The Hall–Kier alpha value is -0.650. The van der Waals surface area contributed by atoms with E-state index in [2.05, 4.69) is 10.1 Å². The maximum atomic E-state index is 10.6. The molecule has 0 rings (SSSR count). The fourth-order valence-electron chi connectivity index (χ4n) is 0.754. The lowest BCUT2D eigenvalue weighted by Gasteiger charge is -2.04. The zero-order valence-electron chi connectivity index (χ0n) is 8.88. The monoisotopic (exact) mass is 205 g/mol. The first kappa shape index (κ1) is 13.4. The van der Waals surface area contributed by atoms with Crippen molar-refractivity contribution in [1.82, 2.24) is 5.32 Å². The number of methoxy groups -OCH3 is 1. The van der Waals surface area contributed by atoms with E-state index in [0.717, 1.165) is 6.54 Å². The summed E-state index contributed by atoms with van der Waals surface area (Å²) < 4.78 is 14.8. The number of likely N-dealkylation sites (N-methyl/N-ethyl adjacent to an activating group) is 1. The molecule has 14 heavy (non-hydrogen) atoms. The van der Waals surface area contributed by atoms with Gasteiger partial charge in [0.05, 0.1) is 40.0 Å². The second-order valence-corrected chi connectivity index (χ2v) is 2.65. The van der Waals surface area contributed by atoms with Crippen LogP contribution in [0.3, 0.4) is 0 Å². The van der Waals surface area contributed by atoms with Crippen LogP contribution in [0.15, 0.2) is 0 Å². The molecule has 1 N–H and O–H groups in total. The quantitative estimate of drug-likeness (QED) is 0.417. The van der Waals surface area contributed by atoms with Gasteiger partial charge in [0.2, 0.25) is 0 Å². The van der Waals surface area contributed by atoms with Crippen LogP contribution in [0.4, 0.5) is 0 Å². The predicted octanol–water partition coefficient (Wildman–Crippen LogP) is -0.198. The summed E-state index contributed by atoms with van der Waals surface area (Å²) in [4.78, 5) is 10.6. The number of rotatable bonds is 9. The van der Waals surface area contributed by atoms with Crippen molar-refractivity contribution in [2.45, 2.75) is 6.42 Å². The van der Waals surface area contributed by atoms with E-state index in [9.17, 15) is 4.79 Å². The fourth-order valence-corrected chi connectivity index (χ4v) is 0.754. The van der Waals surface area contributed by atoms with Crippen LogP contribution in [-0.2, 0) is 19.0 Å². The molecule has 0 unspecified atom stereocenters. The van der Waals surface area contributed by atoms with Crippen LogP contribution < -0.4 is 5.32 Å². The molecule has 84 valence electrons. The van der Waals surface area contributed by atoms with E-state index in [1.165, 1.54) is 7.11 Å². The number of carbonyl (C=O) groups excluding carboxylic acids is 1. The highest BCUT2D eigenvalue weighted by Gasteiger charge is 1.98. The Balaban J connectivity index is 2.95. The Morgan fingerprint density at radius 2 is 1.79 bits per heavy atom. The zero-order chi connectivity index (χ0) is 10.6. The smallest absolute Gasteiger partial charge is 0.307 e. The first-order valence-electron chi connectivity index (χ1n) is 4.68. The molecule has 0 aromatic heterocycles. The molecule has 5 nitrogen and oxygen atoms in total. The van der Waals surface area contributed by atoms with Gasteiger partial charge < -0.3 is 19.5 Å². The highest BCUT2D eigenvalue weighted by Crippen LogP contribution is 1.86. The summed E-state index contributed by atoms with van der Waals surface area (Å²) in [5.74, 6) is -0.249. The van der Waals surface area contributed by atoms with Gasteiger partial charge >= 0.3 is 5.97 Å². The van der Waals surface area contributed by atoms with Crippen molar-refractivity contribution in [2.75, 3.05) is 47.1 Å². The number of hydrogen-bond donors (Lipinski definition) is 1. The third-order valence-corrected chi connectivity index (χ3v) is 1.55. The van der Waals surface area contributed by atoms with Gasteiger partial charge in [-0.2, -0.15) is 0 Å². The van der Waals surface area contributed by atoms with E-state index >= 15 is 0 Å². The minimum absolute atomic E-state index is 0.249. The largest absolute Gasteiger partial charge is 0.469 e. The molecule has 0 spiro atoms. The lowest BCUT2D eigenvalue weighted by atomic mass is 10.5. The zero-order valence-corrected chi connectivity index (χ0v) is 8.88.